The molecule has 0 fully saturated rings. The summed E-state index contributed by atoms with van der Waals surface area (Å²) >= 11 is 0. The first-order valence-corrected chi connectivity index (χ1v) is 6.48. The third kappa shape index (κ3) is 8.49. The van der Waals surface area contributed by atoms with Gasteiger partial charge in [-0.15, -0.1) is 0 Å². The summed E-state index contributed by atoms with van der Waals surface area (Å²) in [4.78, 5) is 9.29. The Balaban J connectivity index is 0. The average Bonchev–Trinajstić information content (AvgIpc) is 2.27. The second-order valence-corrected chi connectivity index (χ2v) is 4.17. The second kappa shape index (κ2) is 10.0. The lowest BCUT2D eigenvalue weighted by Crippen LogP contribution is -2.47. The predicted octanol–water partition coefficient (Wildman–Crippen LogP) is 2.28. The third-order valence-electron chi connectivity index (χ3n) is 2.68. The van der Waals surface area contributed by atoms with Crippen LogP contribution in [-0.2, 0) is 4.57 Å². The number of rotatable bonds is 6. The molecule has 0 aliphatic carbocycles. The lowest BCUT2D eigenvalue weighted by molar-refractivity contribution is -0.917. The van der Waals surface area contributed by atoms with Gasteiger partial charge in [0, 0.05) is 0 Å². The Bertz CT molecular complexity index is 192. The molecule has 0 spiro atoms. The number of hydrogen-bond acceptors (Lipinski definition) is 2. The molecule has 0 saturated carbocycles. The van der Waals surface area contributed by atoms with Crippen LogP contribution in [0.4, 0.5) is 0 Å². The van der Waals surface area contributed by atoms with Gasteiger partial charge in [0.25, 0.3) is 0 Å². The fraction of sp³-hybridized carbons (Fsp3) is 0.636. The van der Waals surface area contributed by atoms with Gasteiger partial charge >= 0.3 is 8.03 Å². The molecule has 0 amide bonds. The fourth-order valence-electron chi connectivity index (χ4n) is 1.33. The average molecular weight is 232 g/mol. The van der Waals surface area contributed by atoms with E-state index in [1.807, 2.05) is 6.08 Å². The van der Waals surface area contributed by atoms with Crippen LogP contribution in [0.5, 0.6) is 0 Å². The lowest BCUT2D eigenvalue weighted by atomic mass is 10.3. The van der Waals surface area contributed by atoms with Crippen molar-refractivity contribution in [3.05, 3.63) is 25.1 Å². The molecule has 0 N–H and O–H groups in total. The molecular weight excluding hydrogens is 209 g/mol. The summed E-state index contributed by atoms with van der Waals surface area (Å²) in [5.41, 5.74) is 0. The molecule has 0 aromatic rings. The molecule has 1 unspecified atom stereocenters. The molecule has 4 heteroatoms. The van der Waals surface area contributed by atoms with Gasteiger partial charge in [-0.3, -0.25) is 0 Å². The molecule has 88 valence electrons. The summed E-state index contributed by atoms with van der Waals surface area (Å²) in [6, 6.07) is 0. The highest BCUT2D eigenvalue weighted by Gasteiger charge is 2.17. The molecule has 15 heavy (non-hydrogen) atoms. The highest BCUT2D eigenvalue weighted by molar-refractivity contribution is 7.40. The zero-order valence-corrected chi connectivity index (χ0v) is 11.0. The smallest absolute Gasteiger partial charge is 0.340 e. The van der Waals surface area contributed by atoms with Gasteiger partial charge < -0.3 is 9.38 Å². The molecule has 1 atom stereocenters. The van der Waals surface area contributed by atoms with Gasteiger partial charge in [0.2, 0.25) is 0 Å². The minimum atomic E-state index is -2.33. The largest absolute Gasteiger partial charge is 0.591 e. The monoisotopic (exact) mass is 232 g/mol. The van der Waals surface area contributed by atoms with Crippen molar-refractivity contribution in [2.45, 2.75) is 20.8 Å². The van der Waals surface area contributed by atoms with Crippen LogP contribution in [0.15, 0.2) is 25.1 Å². The molecule has 0 bridgehead atoms. The summed E-state index contributed by atoms with van der Waals surface area (Å²) in [6.07, 6.45) is 2.02. The Labute approximate surface area is 94.6 Å². The molecule has 0 aliphatic rings. The van der Waals surface area contributed by atoms with E-state index in [1.165, 1.54) is 24.1 Å². The van der Waals surface area contributed by atoms with Gasteiger partial charge in [-0.2, -0.15) is 0 Å². The third-order valence-corrected chi connectivity index (χ3v) is 2.98. The SMILES string of the molecule is C=CC[N+](CC)(CC)CC.C=C[P+](=O)[O-]. The van der Waals surface area contributed by atoms with Crippen molar-refractivity contribution >= 4 is 8.03 Å². The quantitative estimate of drug-likeness (QED) is 0.400. The van der Waals surface area contributed by atoms with Crippen molar-refractivity contribution in [2.24, 2.45) is 0 Å². The molecule has 0 rings (SSSR count). The number of quaternary nitrogens is 1. The molecule has 3 nitrogen and oxygen atoms in total. The second-order valence-electron chi connectivity index (χ2n) is 3.23. The van der Waals surface area contributed by atoms with Crippen LogP contribution >= 0.6 is 8.03 Å². The van der Waals surface area contributed by atoms with Crippen LogP contribution in [0.1, 0.15) is 20.8 Å². The van der Waals surface area contributed by atoms with E-state index in [9.17, 15) is 9.46 Å². The summed E-state index contributed by atoms with van der Waals surface area (Å²) in [7, 11) is -2.33. The Morgan fingerprint density at radius 3 is 1.60 bits per heavy atom. The Hall–Kier alpha value is -0.500. The summed E-state index contributed by atoms with van der Waals surface area (Å²) in [5.74, 6) is 0.870. The first kappa shape index (κ1) is 16.9. The molecule has 0 radical (unpaired) electrons. The molecule has 0 aromatic heterocycles. The fourth-order valence-corrected chi connectivity index (χ4v) is 1.33. The molecule has 0 aliphatic heterocycles. The highest BCUT2D eigenvalue weighted by atomic mass is 31.1. The van der Waals surface area contributed by atoms with E-state index in [1.54, 1.807) is 0 Å². The molecule has 0 saturated heterocycles. The number of likely N-dealkylation sites (N-methyl/N-ethyl adjacent to an activating group) is 1. The normalized spacial score (nSPS) is 11.1. The topological polar surface area (TPSA) is 40.1 Å². The summed E-state index contributed by atoms with van der Waals surface area (Å²) in [5, 5.41) is 0. The number of nitrogens with zero attached hydrogens (tertiary/aromatic N) is 1. The highest BCUT2D eigenvalue weighted by Crippen LogP contribution is 2.04. The van der Waals surface area contributed by atoms with E-state index in [2.05, 4.69) is 33.9 Å². The zero-order valence-electron chi connectivity index (χ0n) is 10.1. The van der Waals surface area contributed by atoms with Gasteiger partial charge in [0.15, 0.2) is 0 Å². The van der Waals surface area contributed by atoms with Gasteiger partial charge in [-0.05, 0) is 26.8 Å². The molecule has 0 aromatic carbocycles. The lowest BCUT2D eigenvalue weighted by Gasteiger charge is -2.34. The summed E-state index contributed by atoms with van der Waals surface area (Å²) < 4.78 is 10.5. The van der Waals surface area contributed by atoms with Crippen LogP contribution in [0.2, 0.25) is 0 Å². The standard InChI is InChI=1S/C9H20N.C2H3O2P/c1-5-9-10(6-2,7-3)8-4;1-2-5(3)4/h5H,1,6-9H2,2-4H3;2H,1H2/q+1;. The van der Waals surface area contributed by atoms with Crippen LogP contribution in [0.3, 0.4) is 0 Å². The maximum atomic E-state index is 9.29. The Morgan fingerprint density at radius 2 is 1.53 bits per heavy atom. The Morgan fingerprint density at radius 1 is 1.20 bits per heavy atom. The maximum Gasteiger partial charge on any atom is 0.340 e. The van der Waals surface area contributed by atoms with Crippen molar-refractivity contribution in [3.8, 4) is 0 Å². The van der Waals surface area contributed by atoms with E-state index >= 15 is 0 Å². The van der Waals surface area contributed by atoms with Gasteiger partial charge in [0.05, 0.1) is 26.2 Å². The van der Waals surface area contributed by atoms with E-state index in [0.717, 1.165) is 12.4 Å². The van der Waals surface area contributed by atoms with E-state index in [-0.39, 0.29) is 0 Å². The van der Waals surface area contributed by atoms with Crippen molar-refractivity contribution in [1.29, 1.82) is 0 Å². The van der Waals surface area contributed by atoms with E-state index in [0.29, 0.717) is 0 Å². The minimum absolute atomic E-state index is 0.870. The van der Waals surface area contributed by atoms with Crippen LogP contribution < -0.4 is 4.89 Å². The van der Waals surface area contributed by atoms with Crippen molar-refractivity contribution < 1.29 is 13.9 Å². The van der Waals surface area contributed by atoms with Crippen LogP contribution in [0, 0.1) is 0 Å². The minimum Gasteiger partial charge on any atom is -0.591 e. The van der Waals surface area contributed by atoms with Crippen molar-refractivity contribution in [3.63, 3.8) is 0 Å². The first-order valence-electron chi connectivity index (χ1n) is 5.23. The van der Waals surface area contributed by atoms with E-state index in [4.69, 9.17) is 0 Å². The van der Waals surface area contributed by atoms with Crippen LogP contribution in [-0.4, -0.2) is 30.7 Å². The Kier molecular flexibility index (Phi) is 11.3. The van der Waals surface area contributed by atoms with Crippen molar-refractivity contribution in [1.82, 2.24) is 0 Å². The number of hydrogen-bond donors (Lipinski definition) is 0. The molecular formula is C11H23NO2P+. The van der Waals surface area contributed by atoms with Crippen molar-refractivity contribution in [2.75, 3.05) is 26.2 Å². The van der Waals surface area contributed by atoms with Gasteiger partial charge in [0.1, 0.15) is 5.82 Å². The van der Waals surface area contributed by atoms with E-state index < -0.39 is 8.03 Å². The summed E-state index contributed by atoms with van der Waals surface area (Å²) in [6.45, 7) is 18.3. The van der Waals surface area contributed by atoms with Crippen LogP contribution in [0.25, 0.3) is 0 Å². The predicted molar refractivity (Wildman–Crippen MR) is 64.8 cm³/mol. The zero-order chi connectivity index (χ0) is 12.3. The molecule has 0 heterocycles. The maximum absolute atomic E-state index is 9.29. The van der Waals surface area contributed by atoms with Gasteiger partial charge in [-0.25, -0.2) is 0 Å². The first-order chi connectivity index (χ1) is 7.01. The van der Waals surface area contributed by atoms with Gasteiger partial charge in [-0.1, -0.05) is 17.7 Å².